The third-order valence-corrected chi connectivity index (χ3v) is 12.4. The van der Waals surface area contributed by atoms with Crippen molar-refractivity contribution in [1.82, 2.24) is 0 Å². The Kier molecular flexibility index (Phi) is 54.3. The van der Waals surface area contributed by atoms with Gasteiger partial charge in [0.25, 0.3) is 0 Å². The maximum absolute atomic E-state index is 12.9. The standard InChI is InChI=1S/C63H108O6/c1-4-7-10-13-16-19-22-25-28-31-33-35-38-41-44-47-50-53-56-62(65)68-59-60(58-67-61(64)55-52-49-46-43-40-37-34-30-27-24-21-18-15-12-9-6-3)69-63(66)57-54-51-48-45-42-39-36-32-29-26-23-20-17-14-11-8-5-2/h9,12,18,21-22,25-31,33,35,60H,4-8,10-11,13-17,19-20,23-24,32,34,36-59H2,1-3H3/b12-9-,21-18-,25-22-,29-26-,30-27-,31-28-,35-33-. The number of rotatable bonds is 52. The van der Waals surface area contributed by atoms with Crippen LogP contribution in [0.4, 0.5) is 0 Å². The molecular weight excluding hydrogens is 853 g/mol. The molecule has 0 aliphatic carbocycles. The molecule has 69 heavy (non-hydrogen) atoms. The number of carbonyl (C=O) groups excluding carboxylic acids is 3. The lowest BCUT2D eigenvalue weighted by atomic mass is 10.1. The summed E-state index contributed by atoms with van der Waals surface area (Å²) >= 11 is 0. The molecule has 0 saturated heterocycles. The first-order valence-corrected chi connectivity index (χ1v) is 29.1. The van der Waals surface area contributed by atoms with Gasteiger partial charge in [0.1, 0.15) is 13.2 Å². The Morgan fingerprint density at radius 2 is 0.623 bits per heavy atom. The summed E-state index contributed by atoms with van der Waals surface area (Å²) in [7, 11) is 0. The van der Waals surface area contributed by atoms with E-state index >= 15 is 0 Å². The van der Waals surface area contributed by atoms with Crippen molar-refractivity contribution in [2.75, 3.05) is 13.2 Å². The monoisotopic (exact) mass is 961 g/mol. The summed E-state index contributed by atoms with van der Waals surface area (Å²) in [5.74, 6) is -0.921. The SMILES string of the molecule is CC/C=C\C/C=C\C/C=C\CCCCCCCCC(=O)OCC(COC(=O)CCCCCCC\C=C/C=C\C=C/CCCCCCC)OC(=O)CCCCCCCCC/C=C\CCCCCCCC. The van der Waals surface area contributed by atoms with E-state index in [1.165, 1.54) is 128 Å². The normalized spacial score (nSPS) is 12.7. The summed E-state index contributed by atoms with van der Waals surface area (Å²) in [5, 5.41) is 0. The molecule has 0 rings (SSSR count). The van der Waals surface area contributed by atoms with Gasteiger partial charge in [-0.1, -0.05) is 241 Å². The summed E-state index contributed by atoms with van der Waals surface area (Å²) in [4.78, 5) is 38.2. The van der Waals surface area contributed by atoms with E-state index in [0.29, 0.717) is 19.3 Å². The Morgan fingerprint density at radius 3 is 1.01 bits per heavy atom. The Hall–Kier alpha value is -3.41. The number of unbranched alkanes of at least 4 members (excludes halogenated alkanes) is 29. The number of hydrogen-bond acceptors (Lipinski definition) is 6. The minimum Gasteiger partial charge on any atom is -0.462 e. The molecule has 6 nitrogen and oxygen atoms in total. The van der Waals surface area contributed by atoms with Crippen molar-refractivity contribution in [3.63, 3.8) is 0 Å². The number of hydrogen-bond donors (Lipinski definition) is 0. The fourth-order valence-electron chi connectivity index (χ4n) is 8.04. The molecule has 0 aromatic rings. The van der Waals surface area contributed by atoms with Gasteiger partial charge in [0.05, 0.1) is 0 Å². The molecule has 0 amide bonds. The number of esters is 3. The van der Waals surface area contributed by atoms with Gasteiger partial charge >= 0.3 is 17.9 Å². The zero-order valence-corrected chi connectivity index (χ0v) is 45.3. The number of carbonyl (C=O) groups is 3. The van der Waals surface area contributed by atoms with Crippen molar-refractivity contribution in [1.29, 1.82) is 0 Å². The van der Waals surface area contributed by atoms with Gasteiger partial charge < -0.3 is 14.2 Å². The first kappa shape index (κ1) is 65.6. The highest BCUT2D eigenvalue weighted by atomic mass is 16.6. The van der Waals surface area contributed by atoms with E-state index in [1.807, 2.05) is 0 Å². The fraction of sp³-hybridized carbons (Fsp3) is 0.730. The highest BCUT2D eigenvalue weighted by Gasteiger charge is 2.19. The van der Waals surface area contributed by atoms with Crippen molar-refractivity contribution >= 4 is 17.9 Å². The molecule has 0 radical (unpaired) electrons. The van der Waals surface area contributed by atoms with E-state index in [2.05, 4.69) is 106 Å². The van der Waals surface area contributed by atoms with Gasteiger partial charge in [0, 0.05) is 19.3 Å². The van der Waals surface area contributed by atoms with Crippen molar-refractivity contribution in [2.45, 2.75) is 284 Å². The minimum atomic E-state index is -0.794. The topological polar surface area (TPSA) is 78.9 Å². The zero-order chi connectivity index (χ0) is 50.0. The summed E-state index contributed by atoms with van der Waals surface area (Å²) in [6, 6.07) is 0. The van der Waals surface area contributed by atoms with Crippen LogP contribution in [0.25, 0.3) is 0 Å². The van der Waals surface area contributed by atoms with Crippen molar-refractivity contribution in [3.8, 4) is 0 Å². The Labute approximate surface area is 426 Å². The molecule has 0 aromatic carbocycles. The Balaban J connectivity index is 4.45. The Morgan fingerprint density at radius 1 is 0.319 bits per heavy atom. The molecule has 6 heteroatoms. The van der Waals surface area contributed by atoms with Gasteiger partial charge in [0.15, 0.2) is 6.10 Å². The van der Waals surface area contributed by atoms with E-state index < -0.39 is 6.10 Å². The minimum absolute atomic E-state index is 0.0918. The molecule has 0 aliphatic rings. The average molecular weight is 962 g/mol. The molecule has 0 heterocycles. The summed E-state index contributed by atoms with van der Waals surface area (Å²) < 4.78 is 16.9. The number of ether oxygens (including phenoxy) is 3. The molecular formula is C63H108O6. The average Bonchev–Trinajstić information content (AvgIpc) is 3.35. The van der Waals surface area contributed by atoms with Crippen molar-refractivity contribution in [2.24, 2.45) is 0 Å². The molecule has 0 spiro atoms. The smallest absolute Gasteiger partial charge is 0.306 e. The van der Waals surface area contributed by atoms with Crippen LogP contribution in [0, 0.1) is 0 Å². The predicted molar refractivity (Wildman–Crippen MR) is 297 cm³/mol. The van der Waals surface area contributed by atoms with Crippen molar-refractivity contribution in [3.05, 3.63) is 85.1 Å². The van der Waals surface area contributed by atoms with E-state index in [0.717, 1.165) is 109 Å². The first-order chi connectivity index (χ1) is 34.0. The third kappa shape index (κ3) is 55.4. The van der Waals surface area contributed by atoms with Crippen LogP contribution in [-0.2, 0) is 28.6 Å². The van der Waals surface area contributed by atoms with Crippen LogP contribution in [0.1, 0.15) is 278 Å². The summed E-state index contributed by atoms with van der Waals surface area (Å²) in [6.45, 7) is 6.49. The molecule has 0 aliphatic heterocycles. The lowest BCUT2D eigenvalue weighted by Crippen LogP contribution is -2.30. The fourth-order valence-corrected chi connectivity index (χ4v) is 8.04. The molecule has 0 saturated carbocycles. The van der Waals surface area contributed by atoms with Gasteiger partial charge in [-0.25, -0.2) is 0 Å². The third-order valence-electron chi connectivity index (χ3n) is 12.4. The van der Waals surface area contributed by atoms with E-state index in [9.17, 15) is 14.4 Å². The quantitative estimate of drug-likeness (QED) is 0.0199. The second-order valence-corrected chi connectivity index (χ2v) is 19.2. The molecule has 0 fully saturated rings. The van der Waals surface area contributed by atoms with E-state index in [1.54, 1.807) is 0 Å². The van der Waals surface area contributed by atoms with E-state index in [-0.39, 0.29) is 31.1 Å². The van der Waals surface area contributed by atoms with Crippen LogP contribution < -0.4 is 0 Å². The van der Waals surface area contributed by atoms with Crippen LogP contribution in [0.3, 0.4) is 0 Å². The second-order valence-electron chi connectivity index (χ2n) is 19.2. The van der Waals surface area contributed by atoms with Gasteiger partial charge in [-0.15, -0.1) is 0 Å². The Bertz CT molecular complexity index is 1330. The van der Waals surface area contributed by atoms with Crippen LogP contribution in [0.5, 0.6) is 0 Å². The molecule has 1 atom stereocenters. The van der Waals surface area contributed by atoms with Gasteiger partial charge in [-0.3, -0.25) is 14.4 Å². The van der Waals surface area contributed by atoms with Crippen LogP contribution in [0.15, 0.2) is 85.1 Å². The highest BCUT2D eigenvalue weighted by molar-refractivity contribution is 5.71. The molecule has 0 N–H and O–H groups in total. The number of allylic oxidation sites excluding steroid dienone is 14. The van der Waals surface area contributed by atoms with Crippen LogP contribution in [-0.4, -0.2) is 37.2 Å². The molecule has 396 valence electrons. The lowest BCUT2D eigenvalue weighted by Gasteiger charge is -2.18. The van der Waals surface area contributed by atoms with Crippen molar-refractivity contribution < 1.29 is 28.6 Å². The molecule has 0 bridgehead atoms. The summed E-state index contributed by atoms with van der Waals surface area (Å²) in [5.41, 5.74) is 0. The van der Waals surface area contributed by atoms with E-state index in [4.69, 9.17) is 14.2 Å². The van der Waals surface area contributed by atoms with Gasteiger partial charge in [0.2, 0.25) is 0 Å². The molecule has 1 unspecified atom stereocenters. The van der Waals surface area contributed by atoms with Gasteiger partial charge in [-0.2, -0.15) is 0 Å². The van der Waals surface area contributed by atoms with Gasteiger partial charge in [-0.05, 0) is 103 Å². The largest absolute Gasteiger partial charge is 0.462 e. The highest BCUT2D eigenvalue weighted by Crippen LogP contribution is 2.15. The second kappa shape index (κ2) is 57.2. The zero-order valence-electron chi connectivity index (χ0n) is 45.3. The lowest BCUT2D eigenvalue weighted by molar-refractivity contribution is -0.167. The maximum Gasteiger partial charge on any atom is 0.306 e. The van der Waals surface area contributed by atoms with Crippen LogP contribution >= 0.6 is 0 Å². The summed E-state index contributed by atoms with van der Waals surface area (Å²) in [6.07, 6.45) is 74.2. The first-order valence-electron chi connectivity index (χ1n) is 29.1. The predicted octanol–water partition coefficient (Wildman–Crippen LogP) is 19.5. The van der Waals surface area contributed by atoms with Crippen LogP contribution in [0.2, 0.25) is 0 Å². The maximum atomic E-state index is 12.9. The molecule has 0 aromatic heterocycles.